The van der Waals surface area contributed by atoms with E-state index in [0.717, 1.165) is 44.9 Å². The number of fused-ring (bicyclic) bond motifs is 2. The minimum atomic E-state index is -0.861. The molecule has 0 bridgehead atoms. The van der Waals surface area contributed by atoms with Crippen LogP contribution in [-0.4, -0.2) is 56.5 Å². The lowest BCUT2D eigenvalue weighted by Crippen LogP contribution is -2.61. The van der Waals surface area contributed by atoms with Gasteiger partial charge in [-0.25, -0.2) is 0 Å². The van der Waals surface area contributed by atoms with Crippen LogP contribution in [0.1, 0.15) is 99.3 Å². The van der Waals surface area contributed by atoms with Crippen LogP contribution in [0.4, 0.5) is 0 Å². The number of hydrogen-bond acceptors (Lipinski definition) is 5. The second-order valence-electron chi connectivity index (χ2n) is 15.2. The third kappa shape index (κ3) is 2.64. The zero-order chi connectivity index (χ0) is 24.7. The van der Waals surface area contributed by atoms with Gasteiger partial charge >= 0.3 is 0 Å². The van der Waals surface area contributed by atoms with E-state index < -0.39 is 11.7 Å². The van der Waals surface area contributed by atoms with Crippen LogP contribution < -0.4 is 0 Å². The summed E-state index contributed by atoms with van der Waals surface area (Å²) in [4.78, 5) is 0. The van der Waals surface area contributed by atoms with Crippen molar-refractivity contribution >= 4 is 0 Å². The van der Waals surface area contributed by atoms with Crippen LogP contribution in [-0.2, 0) is 4.74 Å². The van der Waals surface area contributed by atoms with Crippen LogP contribution in [0.3, 0.4) is 0 Å². The molecule has 2 spiro atoms. The van der Waals surface area contributed by atoms with E-state index in [0.29, 0.717) is 5.92 Å². The molecule has 0 aromatic heterocycles. The van der Waals surface area contributed by atoms with Gasteiger partial charge in [-0.2, -0.15) is 0 Å². The first-order chi connectivity index (χ1) is 15.6. The first-order valence-corrected chi connectivity index (χ1v) is 14.1. The summed E-state index contributed by atoms with van der Waals surface area (Å²) in [5.74, 6) is 0.652. The van der Waals surface area contributed by atoms with Crippen molar-refractivity contribution in [2.75, 3.05) is 0 Å². The molecule has 5 heteroatoms. The second-order valence-corrected chi connectivity index (χ2v) is 15.2. The number of rotatable bonds is 2. The number of ether oxygens (including phenoxy) is 1. The third-order valence-corrected chi connectivity index (χ3v) is 13.3. The fourth-order valence-corrected chi connectivity index (χ4v) is 11.6. The monoisotopic (exact) mass is 476 g/mol. The van der Waals surface area contributed by atoms with Crippen LogP contribution in [0.25, 0.3) is 0 Å². The summed E-state index contributed by atoms with van der Waals surface area (Å²) in [6.45, 7) is 12.8. The molecule has 34 heavy (non-hydrogen) atoms. The van der Waals surface area contributed by atoms with Gasteiger partial charge < -0.3 is 25.2 Å². The van der Waals surface area contributed by atoms with E-state index in [1.807, 2.05) is 13.8 Å². The van der Waals surface area contributed by atoms with E-state index in [1.165, 1.54) is 12.8 Å². The molecule has 0 amide bonds. The van der Waals surface area contributed by atoms with Crippen molar-refractivity contribution in [3.8, 4) is 0 Å². The Bertz CT molecular complexity index is 865. The van der Waals surface area contributed by atoms with E-state index in [1.54, 1.807) is 0 Å². The van der Waals surface area contributed by atoms with Gasteiger partial charge in [-0.05, 0) is 111 Å². The van der Waals surface area contributed by atoms with Gasteiger partial charge in [-0.3, -0.25) is 0 Å². The molecular formula is C29H48O5. The average Bonchev–Trinajstić information content (AvgIpc) is 2.98. The van der Waals surface area contributed by atoms with Gasteiger partial charge in [0.2, 0.25) is 0 Å². The molecule has 3 unspecified atom stereocenters. The van der Waals surface area contributed by atoms with Crippen molar-refractivity contribution in [1.29, 1.82) is 0 Å². The highest BCUT2D eigenvalue weighted by Crippen LogP contribution is 2.89. The number of aliphatic hydroxyl groups excluding tert-OH is 3. The largest absolute Gasteiger partial charge is 0.393 e. The average molecular weight is 477 g/mol. The lowest BCUT2D eigenvalue weighted by molar-refractivity contribution is -0.203. The van der Waals surface area contributed by atoms with Gasteiger partial charge in [0.15, 0.2) is 0 Å². The molecule has 1 saturated heterocycles. The van der Waals surface area contributed by atoms with E-state index in [2.05, 4.69) is 27.7 Å². The highest BCUT2D eigenvalue weighted by atomic mass is 16.5. The molecule has 5 nitrogen and oxygen atoms in total. The van der Waals surface area contributed by atoms with Gasteiger partial charge in [-0.1, -0.05) is 27.7 Å². The Balaban J connectivity index is 1.34. The van der Waals surface area contributed by atoms with Crippen LogP contribution in [0.5, 0.6) is 0 Å². The van der Waals surface area contributed by atoms with Gasteiger partial charge in [0.1, 0.15) is 0 Å². The Labute approximate surface area is 205 Å². The molecule has 6 fully saturated rings. The van der Waals surface area contributed by atoms with Gasteiger partial charge in [-0.15, -0.1) is 0 Å². The molecule has 5 saturated carbocycles. The lowest BCUT2D eigenvalue weighted by Gasteiger charge is -2.64. The van der Waals surface area contributed by atoms with Crippen LogP contribution >= 0.6 is 0 Å². The summed E-state index contributed by atoms with van der Waals surface area (Å²) in [5, 5.41) is 44.6. The molecule has 1 heterocycles. The number of hydrogen-bond donors (Lipinski definition) is 4. The van der Waals surface area contributed by atoms with Gasteiger partial charge in [0, 0.05) is 5.92 Å². The maximum absolute atomic E-state index is 11.6. The van der Waals surface area contributed by atoms with Crippen LogP contribution in [0.2, 0.25) is 0 Å². The van der Waals surface area contributed by atoms with Gasteiger partial charge in [0.25, 0.3) is 0 Å². The lowest BCUT2D eigenvalue weighted by atomic mass is 9.41. The predicted octanol–water partition coefficient (Wildman–Crippen LogP) is 4.05. The van der Waals surface area contributed by atoms with Gasteiger partial charge in [0.05, 0.1) is 36.1 Å². The summed E-state index contributed by atoms with van der Waals surface area (Å²) in [5.41, 5.74) is -0.789. The third-order valence-electron chi connectivity index (χ3n) is 13.3. The molecule has 6 aliphatic rings. The highest BCUT2D eigenvalue weighted by Gasteiger charge is 2.84. The molecule has 5 aliphatic carbocycles. The summed E-state index contributed by atoms with van der Waals surface area (Å²) in [6, 6.07) is 0. The summed E-state index contributed by atoms with van der Waals surface area (Å²) in [6.07, 6.45) is 7.37. The van der Waals surface area contributed by atoms with E-state index in [4.69, 9.17) is 4.74 Å². The van der Waals surface area contributed by atoms with Crippen molar-refractivity contribution in [2.45, 2.75) is 135 Å². The van der Waals surface area contributed by atoms with Crippen molar-refractivity contribution in [1.82, 2.24) is 0 Å². The SMILES string of the molecule is CC(C)(O)[C@@H]1CCC([C@H]2[C@@H](O)C[C@@]3(C)C4C[C@H](O)[C@H]5C(C)(C)[C@@H](O)CC[C@@]56CC46CC[C@]23C)O1. The summed E-state index contributed by atoms with van der Waals surface area (Å²) >= 11 is 0. The van der Waals surface area contributed by atoms with Crippen molar-refractivity contribution < 1.29 is 25.2 Å². The molecule has 12 atom stereocenters. The minimum Gasteiger partial charge on any atom is -0.393 e. The number of aliphatic hydroxyl groups is 4. The molecular weight excluding hydrogens is 428 g/mol. The second kappa shape index (κ2) is 6.81. The standard InChI is InChI=1S/C29H48O5/c1-24(2)20(32)9-10-29-15-28(29)12-11-26(5)22(18-7-8-21(34-18)25(3,4)33)17(31)14-27(26,6)19(28)13-16(30)23(24)29/h16-23,30-33H,7-15H2,1-6H3/t16-,17-,18?,19?,20-,21-,22+,23-,26+,27-,28?,29+/m0/s1. The van der Waals surface area contributed by atoms with Crippen molar-refractivity contribution in [3.63, 3.8) is 0 Å². The normalized spacial score (nSPS) is 60.2. The Morgan fingerprint density at radius 3 is 2.18 bits per heavy atom. The predicted molar refractivity (Wildman–Crippen MR) is 130 cm³/mol. The molecule has 194 valence electrons. The summed E-state index contributed by atoms with van der Waals surface area (Å²) < 4.78 is 6.47. The summed E-state index contributed by atoms with van der Waals surface area (Å²) in [7, 11) is 0. The Morgan fingerprint density at radius 1 is 0.824 bits per heavy atom. The molecule has 0 aromatic carbocycles. The maximum Gasteiger partial charge on any atom is 0.0861 e. The minimum absolute atomic E-state index is 0.00881. The molecule has 0 aromatic rings. The van der Waals surface area contributed by atoms with Crippen molar-refractivity contribution in [2.24, 2.45) is 44.8 Å². The Hall–Kier alpha value is -0.200. The van der Waals surface area contributed by atoms with Crippen LogP contribution in [0, 0.1) is 44.8 Å². The molecule has 1 aliphatic heterocycles. The molecule has 6 rings (SSSR count). The molecule has 0 radical (unpaired) electrons. The molecule has 4 N–H and O–H groups in total. The fraction of sp³-hybridized carbons (Fsp3) is 1.00. The first-order valence-electron chi connectivity index (χ1n) is 14.1. The van der Waals surface area contributed by atoms with E-state index >= 15 is 0 Å². The fourth-order valence-electron chi connectivity index (χ4n) is 11.6. The topological polar surface area (TPSA) is 90.2 Å². The first kappa shape index (κ1) is 24.2. The van der Waals surface area contributed by atoms with E-state index in [9.17, 15) is 20.4 Å². The van der Waals surface area contributed by atoms with Crippen molar-refractivity contribution in [3.05, 3.63) is 0 Å². The Kier molecular flexibility index (Phi) is 4.84. The maximum atomic E-state index is 11.6. The van der Waals surface area contributed by atoms with E-state index in [-0.39, 0.29) is 63.3 Å². The zero-order valence-electron chi connectivity index (χ0n) is 22.2. The van der Waals surface area contributed by atoms with Crippen LogP contribution in [0.15, 0.2) is 0 Å². The quantitative estimate of drug-likeness (QED) is 0.483. The zero-order valence-corrected chi connectivity index (χ0v) is 22.2. The smallest absolute Gasteiger partial charge is 0.0861 e. The highest BCUT2D eigenvalue weighted by molar-refractivity contribution is 5.32. The Morgan fingerprint density at radius 2 is 1.53 bits per heavy atom.